The molecule has 8 heteroatoms. The molecule has 0 spiro atoms. The van der Waals surface area contributed by atoms with E-state index >= 15 is 0 Å². The zero-order chi connectivity index (χ0) is 17.0. The van der Waals surface area contributed by atoms with Crippen LogP contribution in [-0.2, 0) is 11.2 Å². The SMILES string of the molecule is COc1cc(-c2noc(CCC(=O)O)n2)cc(Cl)c1OC(C)C. The van der Waals surface area contributed by atoms with Crippen molar-refractivity contribution in [3.63, 3.8) is 0 Å². The van der Waals surface area contributed by atoms with Crippen LogP contribution >= 0.6 is 11.6 Å². The molecule has 0 amide bonds. The lowest BCUT2D eigenvalue weighted by Gasteiger charge is -2.15. The summed E-state index contributed by atoms with van der Waals surface area (Å²) in [5.74, 6) is 0.534. The molecular formula is C15H17ClN2O5. The monoisotopic (exact) mass is 340 g/mol. The fraction of sp³-hybridized carbons (Fsp3) is 0.400. The molecule has 1 heterocycles. The van der Waals surface area contributed by atoms with Crippen molar-refractivity contribution in [3.05, 3.63) is 23.0 Å². The van der Waals surface area contributed by atoms with Gasteiger partial charge in [0.2, 0.25) is 11.7 Å². The predicted molar refractivity (Wildman–Crippen MR) is 83.0 cm³/mol. The summed E-state index contributed by atoms with van der Waals surface area (Å²) in [5.41, 5.74) is 0.591. The summed E-state index contributed by atoms with van der Waals surface area (Å²) in [6, 6.07) is 3.34. The van der Waals surface area contributed by atoms with E-state index in [2.05, 4.69) is 10.1 Å². The zero-order valence-electron chi connectivity index (χ0n) is 13.0. The van der Waals surface area contributed by atoms with Crippen molar-refractivity contribution in [2.45, 2.75) is 32.8 Å². The first kappa shape index (κ1) is 17.1. The minimum atomic E-state index is -0.926. The Bertz CT molecular complexity index is 699. The predicted octanol–water partition coefficient (Wildman–Crippen LogP) is 3.20. The van der Waals surface area contributed by atoms with Gasteiger partial charge in [-0.25, -0.2) is 0 Å². The van der Waals surface area contributed by atoms with E-state index in [9.17, 15) is 4.79 Å². The van der Waals surface area contributed by atoms with Crippen LogP contribution in [0, 0.1) is 0 Å². The quantitative estimate of drug-likeness (QED) is 0.826. The number of methoxy groups -OCH3 is 1. The fourth-order valence-corrected chi connectivity index (χ4v) is 2.14. The van der Waals surface area contributed by atoms with E-state index in [-0.39, 0.29) is 24.8 Å². The summed E-state index contributed by atoms with van der Waals surface area (Å²) in [5, 5.41) is 12.9. The van der Waals surface area contributed by atoms with Gasteiger partial charge in [0.25, 0.3) is 0 Å². The number of aryl methyl sites for hydroxylation is 1. The average Bonchev–Trinajstić information content (AvgIpc) is 2.95. The number of carbonyl (C=O) groups is 1. The maximum atomic E-state index is 10.6. The number of nitrogens with zero attached hydrogens (tertiary/aromatic N) is 2. The van der Waals surface area contributed by atoms with E-state index in [1.165, 1.54) is 7.11 Å². The van der Waals surface area contributed by atoms with Crippen molar-refractivity contribution in [1.29, 1.82) is 0 Å². The maximum absolute atomic E-state index is 10.6. The molecule has 0 aliphatic carbocycles. The minimum Gasteiger partial charge on any atom is -0.493 e. The van der Waals surface area contributed by atoms with Crippen LogP contribution in [0.3, 0.4) is 0 Å². The van der Waals surface area contributed by atoms with E-state index < -0.39 is 5.97 Å². The molecule has 0 aliphatic heterocycles. The van der Waals surface area contributed by atoms with Crippen LogP contribution in [0.15, 0.2) is 16.7 Å². The molecule has 2 aromatic rings. The van der Waals surface area contributed by atoms with Crippen LogP contribution in [-0.4, -0.2) is 34.4 Å². The highest BCUT2D eigenvalue weighted by Crippen LogP contribution is 2.39. The van der Waals surface area contributed by atoms with Gasteiger partial charge >= 0.3 is 5.97 Å². The number of aromatic nitrogens is 2. The van der Waals surface area contributed by atoms with Gasteiger partial charge < -0.3 is 19.1 Å². The largest absolute Gasteiger partial charge is 0.493 e. The van der Waals surface area contributed by atoms with Gasteiger partial charge in [0, 0.05) is 12.0 Å². The Hall–Kier alpha value is -2.28. The standard InChI is InChI=1S/C15H17ClN2O5/c1-8(2)22-14-10(16)6-9(7-11(14)21-3)15-17-12(23-18-15)4-5-13(19)20/h6-8H,4-5H2,1-3H3,(H,19,20). The van der Waals surface area contributed by atoms with Crippen LogP contribution in [0.25, 0.3) is 11.4 Å². The van der Waals surface area contributed by atoms with Gasteiger partial charge in [0.15, 0.2) is 11.5 Å². The number of ether oxygens (including phenoxy) is 2. The van der Waals surface area contributed by atoms with Gasteiger partial charge in [0.05, 0.1) is 24.7 Å². The van der Waals surface area contributed by atoms with E-state index in [1.54, 1.807) is 12.1 Å². The summed E-state index contributed by atoms with van der Waals surface area (Å²) in [7, 11) is 1.51. The van der Waals surface area contributed by atoms with Crippen molar-refractivity contribution in [2.75, 3.05) is 7.11 Å². The summed E-state index contributed by atoms with van der Waals surface area (Å²) in [6.07, 6.45) is 0.0364. The molecule has 2 rings (SSSR count). The second-order valence-corrected chi connectivity index (χ2v) is 5.47. The number of carboxylic acid groups (broad SMARTS) is 1. The van der Waals surface area contributed by atoms with Gasteiger partial charge in [-0.2, -0.15) is 4.98 Å². The van der Waals surface area contributed by atoms with Gasteiger partial charge in [-0.3, -0.25) is 4.79 Å². The molecule has 0 saturated carbocycles. The molecule has 0 aliphatic rings. The fourth-order valence-electron chi connectivity index (χ4n) is 1.89. The summed E-state index contributed by atoms with van der Waals surface area (Å²) in [6.45, 7) is 3.77. The first-order valence-electron chi connectivity index (χ1n) is 6.99. The van der Waals surface area contributed by atoms with Gasteiger partial charge in [-0.05, 0) is 26.0 Å². The Morgan fingerprint density at radius 3 is 2.78 bits per heavy atom. The van der Waals surface area contributed by atoms with Crippen molar-refractivity contribution in [3.8, 4) is 22.9 Å². The van der Waals surface area contributed by atoms with Gasteiger partial charge in [-0.1, -0.05) is 16.8 Å². The maximum Gasteiger partial charge on any atom is 0.303 e. The molecule has 23 heavy (non-hydrogen) atoms. The number of hydrogen-bond acceptors (Lipinski definition) is 6. The Morgan fingerprint density at radius 2 is 2.17 bits per heavy atom. The van der Waals surface area contributed by atoms with Crippen molar-refractivity contribution in [1.82, 2.24) is 10.1 Å². The molecule has 1 aromatic heterocycles. The third kappa shape index (κ3) is 4.35. The number of benzene rings is 1. The van der Waals surface area contributed by atoms with Crippen molar-refractivity contribution in [2.24, 2.45) is 0 Å². The highest BCUT2D eigenvalue weighted by Gasteiger charge is 2.17. The number of carboxylic acids is 1. The smallest absolute Gasteiger partial charge is 0.303 e. The molecule has 124 valence electrons. The topological polar surface area (TPSA) is 94.7 Å². The van der Waals surface area contributed by atoms with Crippen LogP contribution in [0.2, 0.25) is 5.02 Å². The number of hydrogen-bond donors (Lipinski definition) is 1. The van der Waals surface area contributed by atoms with Crippen LogP contribution in [0.5, 0.6) is 11.5 Å². The van der Waals surface area contributed by atoms with E-state index in [0.717, 1.165) is 0 Å². The third-order valence-electron chi connectivity index (χ3n) is 2.86. The first-order chi connectivity index (χ1) is 10.9. The molecule has 0 unspecified atom stereocenters. The van der Waals surface area contributed by atoms with Gasteiger partial charge in [0.1, 0.15) is 0 Å². The molecular weight excluding hydrogens is 324 g/mol. The van der Waals surface area contributed by atoms with Crippen LogP contribution in [0.1, 0.15) is 26.2 Å². The highest BCUT2D eigenvalue weighted by molar-refractivity contribution is 6.32. The lowest BCUT2D eigenvalue weighted by molar-refractivity contribution is -0.137. The Labute approximate surface area is 138 Å². The molecule has 7 nitrogen and oxygen atoms in total. The lowest BCUT2D eigenvalue weighted by Crippen LogP contribution is -2.07. The second-order valence-electron chi connectivity index (χ2n) is 5.06. The second kappa shape index (κ2) is 7.32. The average molecular weight is 341 g/mol. The zero-order valence-corrected chi connectivity index (χ0v) is 13.8. The van der Waals surface area contributed by atoms with Crippen molar-refractivity contribution >= 4 is 17.6 Å². The first-order valence-corrected chi connectivity index (χ1v) is 7.37. The highest BCUT2D eigenvalue weighted by atomic mass is 35.5. The van der Waals surface area contributed by atoms with E-state index in [1.807, 2.05) is 13.8 Å². The molecule has 1 N–H and O–H groups in total. The normalized spacial score (nSPS) is 10.8. The van der Waals surface area contributed by atoms with E-state index in [0.29, 0.717) is 27.9 Å². The Balaban J connectivity index is 2.29. The Morgan fingerprint density at radius 1 is 1.43 bits per heavy atom. The molecule has 0 fully saturated rings. The molecule has 1 aromatic carbocycles. The van der Waals surface area contributed by atoms with Gasteiger partial charge in [-0.15, -0.1) is 0 Å². The number of rotatable bonds is 7. The summed E-state index contributed by atoms with van der Waals surface area (Å²) >= 11 is 6.25. The molecule has 0 saturated heterocycles. The van der Waals surface area contributed by atoms with E-state index in [4.69, 9.17) is 30.7 Å². The lowest BCUT2D eigenvalue weighted by atomic mass is 10.2. The Kier molecular flexibility index (Phi) is 5.44. The molecule has 0 atom stereocenters. The van der Waals surface area contributed by atoms with Crippen LogP contribution < -0.4 is 9.47 Å². The third-order valence-corrected chi connectivity index (χ3v) is 3.14. The number of aliphatic carboxylic acids is 1. The number of halogens is 1. The van der Waals surface area contributed by atoms with Crippen LogP contribution in [0.4, 0.5) is 0 Å². The minimum absolute atomic E-state index is 0.0555. The summed E-state index contributed by atoms with van der Waals surface area (Å²) in [4.78, 5) is 14.7. The summed E-state index contributed by atoms with van der Waals surface area (Å²) < 4.78 is 16.0. The molecule has 0 bridgehead atoms. The molecule has 0 radical (unpaired) electrons. The van der Waals surface area contributed by atoms with Crippen molar-refractivity contribution < 1.29 is 23.9 Å².